The first-order valence-corrected chi connectivity index (χ1v) is 6.96. The Labute approximate surface area is 131 Å². The molecule has 5 nitrogen and oxygen atoms in total. The quantitative estimate of drug-likeness (QED) is 0.887. The van der Waals surface area contributed by atoms with Gasteiger partial charge in [0.2, 0.25) is 0 Å². The van der Waals surface area contributed by atoms with Crippen LogP contribution in [0, 0.1) is 0 Å². The van der Waals surface area contributed by atoms with Crippen LogP contribution in [0.3, 0.4) is 0 Å². The van der Waals surface area contributed by atoms with Crippen molar-refractivity contribution in [1.29, 1.82) is 0 Å². The minimum Gasteiger partial charge on any atom is -0.481 e. The van der Waals surface area contributed by atoms with Crippen molar-refractivity contribution in [2.45, 2.75) is 25.7 Å². The zero-order valence-corrected chi connectivity index (χ0v) is 12.4. The number of aromatic nitrogens is 2. The largest absolute Gasteiger partial charge is 0.481 e. The summed E-state index contributed by atoms with van der Waals surface area (Å²) in [6.45, 7) is 1.89. The Morgan fingerprint density at radius 3 is 2.61 bits per heavy atom. The molecule has 8 heteroatoms. The number of rotatable bonds is 6. The molecule has 2 aromatic rings. The predicted molar refractivity (Wildman–Crippen MR) is 76.8 cm³/mol. The smallest absolute Gasteiger partial charge is 0.435 e. The molecule has 0 bridgehead atoms. The lowest BCUT2D eigenvalue weighted by Crippen LogP contribution is -2.38. The highest BCUT2D eigenvalue weighted by molar-refractivity contribution is 5.80. The molecule has 0 aliphatic carbocycles. The molecule has 1 N–H and O–H groups in total. The van der Waals surface area contributed by atoms with Gasteiger partial charge in [-0.05, 0) is 25.1 Å². The highest BCUT2D eigenvalue weighted by Gasteiger charge is 2.33. The normalized spacial score (nSPS) is 12.7. The summed E-state index contributed by atoms with van der Waals surface area (Å²) in [6, 6.07) is 9.75. The van der Waals surface area contributed by atoms with Gasteiger partial charge in [-0.15, -0.1) is 0 Å². The number of nitrogens with zero attached hydrogens (tertiary/aromatic N) is 2. The van der Waals surface area contributed by atoms with Crippen molar-refractivity contribution in [3.8, 4) is 5.75 Å². The number of para-hydroxylation sites is 1. The van der Waals surface area contributed by atoms with E-state index >= 15 is 0 Å². The van der Waals surface area contributed by atoms with Gasteiger partial charge in [-0.3, -0.25) is 9.48 Å². The molecule has 0 saturated carbocycles. The standard InChI is InChI=1S/C15H16F3N3O2/c1-11(23-12-5-3-2-4-6-12)14(22)19-8-10-21-9-7-13(20-21)15(16,17)18/h2-7,9,11H,8,10H2,1H3,(H,19,22). The van der Waals surface area contributed by atoms with E-state index < -0.39 is 18.0 Å². The van der Waals surface area contributed by atoms with Crippen LogP contribution in [-0.2, 0) is 17.5 Å². The molecular weight excluding hydrogens is 311 g/mol. The molecule has 23 heavy (non-hydrogen) atoms. The van der Waals surface area contributed by atoms with Crippen LogP contribution in [0.1, 0.15) is 12.6 Å². The van der Waals surface area contributed by atoms with Crippen molar-refractivity contribution in [3.05, 3.63) is 48.3 Å². The van der Waals surface area contributed by atoms with Gasteiger partial charge in [0.15, 0.2) is 11.8 Å². The molecule has 1 aromatic heterocycles. The maximum atomic E-state index is 12.4. The lowest BCUT2D eigenvalue weighted by atomic mass is 10.3. The van der Waals surface area contributed by atoms with Crippen LogP contribution in [-0.4, -0.2) is 28.3 Å². The molecule has 1 aromatic carbocycles. The third-order valence-electron chi connectivity index (χ3n) is 3.00. The monoisotopic (exact) mass is 327 g/mol. The Morgan fingerprint density at radius 2 is 2.00 bits per heavy atom. The third-order valence-corrected chi connectivity index (χ3v) is 3.00. The summed E-state index contributed by atoms with van der Waals surface area (Å²) in [7, 11) is 0. The fourth-order valence-electron chi connectivity index (χ4n) is 1.83. The van der Waals surface area contributed by atoms with E-state index in [0.29, 0.717) is 5.75 Å². The fourth-order valence-corrected chi connectivity index (χ4v) is 1.83. The van der Waals surface area contributed by atoms with E-state index in [4.69, 9.17) is 4.74 Å². The number of ether oxygens (including phenoxy) is 1. The van der Waals surface area contributed by atoms with Gasteiger partial charge in [0.25, 0.3) is 5.91 Å². The SMILES string of the molecule is CC(Oc1ccccc1)C(=O)NCCn1ccc(C(F)(F)F)n1. The number of halogens is 3. The lowest BCUT2D eigenvalue weighted by molar-refractivity contribution is -0.141. The number of hydrogen-bond acceptors (Lipinski definition) is 3. The fraction of sp³-hybridized carbons (Fsp3) is 0.333. The summed E-state index contributed by atoms with van der Waals surface area (Å²) in [6.07, 6.45) is -3.95. The van der Waals surface area contributed by atoms with E-state index in [2.05, 4.69) is 10.4 Å². The number of benzene rings is 1. The van der Waals surface area contributed by atoms with Crippen LogP contribution in [0.15, 0.2) is 42.6 Å². The molecule has 1 amide bonds. The Hall–Kier alpha value is -2.51. The van der Waals surface area contributed by atoms with Crippen LogP contribution in [0.25, 0.3) is 0 Å². The molecule has 2 rings (SSSR count). The number of carbonyl (C=O) groups is 1. The molecule has 0 fully saturated rings. The minimum atomic E-state index is -4.47. The van der Waals surface area contributed by atoms with Gasteiger partial charge < -0.3 is 10.1 Å². The van der Waals surface area contributed by atoms with E-state index in [0.717, 1.165) is 10.7 Å². The number of alkyl halides is 3. The van der Waals surface area contributed by atoms with Gasteiger partial charge in [-0.25, -0.2) is 0 Å². The van der Waals surface area contributed by atoms with Crippen LogP contribution >= 0.6 is 0 Å². The van der Waals surface area contributed by atoms with Crippen LogP contribution in [0.5, 0.6) is 5.75 Å². The zero-order valence-electron chi connectivity index (χ0n) is 12.4. The van der Waals surface area contributed by atoms with E-state index in [-0.39, 0.29) is 19.0 Å². The average molecular weight is 327 g/mol. The van der Waals surface area contributed by atoms with Gasteiger partial charge in [0.1, 0.15) is 5.75 Å². The predicted octanol–water partition coefficient (Wildman–Crippen LogP) is 2.49. The van der Waals surface area contributed by atoms with Crippen molar-refractivity contribution >= 4 is 5.91 Å². The number of amides is 1. The topological polar surface area (TPSA) is 56.1 Å². The van der Waals surface area contributed by atoms with Gasteiger partial charge in [-0.1, -0.05) is 18.2 Å². The van der Waals surface area contributed by atoms with Crippen molar-refractivity contribution in [2.24, 2.45) is 0 Å². The number of carbonyl (C=O) groups excluding carboxylic acids is 1. The second kappa shape index (κ2) is 7.17. The summed E-state index contributed by atoms with van der Waals surface area (Å²) in [5.41, 5.74) is -0.954. The first kappa shape index (κ1) is 16.9. The molecular formula is C15H16F3N3O2. The highest BCUT2D eigenvalue weighted by atomic mass is 19.4. The second-order valence-corrected chi connectivity index (χ2v) is 4.83. The van der Waals surface area contributed by atoms with Crippen LogP contribution in [0.4, 0.5) is 13.2 Å². The van der Waals surface area contributed by atoms with E-state index in [1.165, 1.54) is 6.20 Å². The van der Waals surface area contributed by atoms with E-state index in [1.807, 2.05) is 6.07 Å². The molecule has 0 aliphatic heterocycles. The molecule has 0 saturated heterocycles. The van der Waals surface area contributed by atoms with E-state index in [1.54, 1.807) is 31.2 Å². The average Bonchev–Trinajstić information content (AvgIpc) is 2.97. The van der Waals surface area contributed by atoms with Crippen molar-refractivity contribution in [2.75, 3.05) is 6.54 Å². The maximum absolute atomic E-state index is 12.4. The maximum Gasteiger partial charge on any atom is 0.435 e. The lowest BCUT2D eigenvalue weighted by Gasteiger charge is -2.14. The van der Waals surface area contributed by atoms with Crippen molar-refractivity contribution < 1.29 is 22.7 Å². The molecule has 0 aliphatic rings. The minimum absolute atomic E-state index is 0.139. The Balaban J connectivity index is 1.77. The summed E-state index contributed by atoms with van der Waals surface area (Å²) >= 11 is 0. The summed E-state index contributed by atoms with van der Waals surface area (Å²) in [5.74, 6) is 0.217. The Bertz CT molecular complexity index is 641. The van der Waals surface area contributed by atoms with Gasteiger partial charge in [-0.2, -0.15) is 18.3 Å². The summed E-state index contributed by atoms with van der Waals surface area (Å²) in [5, 5.41) is 5.99. The number of nitrogens with one attached hydrogen (secondary N) is 1. The van der Waals surface area contributed by atoms with Crippen molar-refractivity contribution in [1.82, 2.24) is 15.1 Å². The highest BCUT2D eigenvalue weighted by Crippen LogP contribution is 2.27. The van der Waals surface area contributed by atoms with Crippen LogP contribution in [0.2, 0.25) is 0 Å². The Kier molecular flexibility index (Phi) is 5.25. The molecule has 1 atom stereocenters. The Morgan fingerprint density at radius 1 is 1.30 bits per heavy atom. The molecule has 124 valence electrons. The molecule has 1 heterocycles. The molecule has 0 radical (unpaired) electrons. The first-order chi connectivity index (χ1) is 10.9. The van der Waals surface area contributed by atoms with E-state index in [9.17, 15) is 18.0 Å². The van der Waals surface area contributed by atoms with Gasteiger partial charge in [0, 0.05) is 12.7 Å². The van der Waals surface area contributed by atoms with Gasteiger partial charge >= 0.3 is 6.18 Å². The van der Waals surface area contributed by atoms with Crippen LogP contribution < -0.4 is 10.1 Å². The first-order valence-electron chi connectivity index (χ1n) is 6.96. The second-order valence-electron chi connectivity index (χ2n) is 4.83. The molecule has 0 spiro atoms. The number of hydrogen-bond donors (Lipinski definition) is 1. The third kappa shape index (κ3) is 5.01. The summed E-state index contributed by atoms with van der Waals surface area (Å²) < 4.78 is 43.8. The molecule has 1 unspecified atom stereocenters. The zero-order chi connectivity index (χ0) is 16.9. The summed E-state index contributed by atoms with van der Waals surface area (Å²) in [4.78, 5) is 11.9. The van der Waals surface area contributed by atoms with Crippen molar-refractivity contribution in [3.63, 3.8) is 0 Å². The van der Waals surface area contributed by atoms with Gasteiger partial charge in [0.05, 0.1) is 6.54 Å².